The van der Waals surface area contributed by atoms with Crippen LogP contribution in [0.1, 0.15) is 0 Å². The van der Waals surface area contributed by atoms with Crippen molar-refractivity contribution in [3.05, 3.63) is 394 Å². The fourth-order valence-electron chi connectivity index (χ4n) is 15.9. The van der Waals surface area contributed by atoms with Gasteiger partial charge in [0, 0.05) is 65.7 Å². The minimum absolute atomic E-state index is 0.625. The largest absolute Gasteiger partial charge is 0.455 e. The number of thiazole rings is 2. The number of rotatable bonds is 11. The van der Waals surface area contributed by atoms with Gasteiger partial charge in [-0.2, -0.15) is 0 Å². The number of para-hydroxylation sites is 4. The maximum absolute atomic E-state index is 6.61. The number of oxazole rings is 1. The Morgan fingerprint density at radius 3 is 0.895 bits per heavy atom. The molecule has 6 aromatic heterocycles. The summed E-state index contributed by atoms with van der Waals surface area (Å²) in [5.74, 6) is 0.625. The van der Waals surface area contributed by atoms with Crippen LogP contribution < -0.4 is 0 Å². The summed E-state index contributed by atoms with van der Waals surface area (Å²) in [4.78, 5) is 14.5. The second kappa shape index (κ2) is 29.0. The SMILES string of the molecule is c1ccc(-c2cc(-c3ccccc3)c3oc4cccc(-c5ccc(-c6nc7ccccc7o6)cc5)c4c3c2)cc1.c1ccc(-c2cc(-c3ccccc3)c3oc4cccc(-c5ccc(-c6nc7ccccc7s6)cc5)c4c3c2)cc1.c1ccc(-c2cc(-c3ccccc3)c3oc4cccc(-c5nc6ccccc6s5)c4c3c2)cc1. The van der Waals surface area contributed by atoms with Crippen LogP contribution in [0.2, 0.25) is 0 Å². The highest BCUT2D eigenvalue weighted by molar-refractivity contribution is 7.22. The van der Waals surface area contributed by atoms with Crippen LogP contribution in [0.5, 0.6) is 0 Å². The molecule has 0 unspecified atom stereocenters. The lowest BCUT2D eigenvalue weighted by Crippen LogP contribution is -1.84. The molecule has 0 fully saturated rings. The van der Waals surface area contributed by atoms with E-state index >= 15 is 0 Å². The molecule has 0 spiro atoms. The lowest BCUT2D eigenvalue weighted by molar-refractivity contribution is 0.620. The van der Waals surface area contributed by atoms with E-state index in [-0.39, 0.29) is 0 Å². The third-order valence-corrected chi connectivity index (χ3v) is 23.5. The van der Waals surface area contributed by atoms with Gasteiger partial charge in [-0.3, -0.25) is 0 Å². The first-order valence-electron chi connectivity index (χ1n) is 38.1. The van der Waals surface area contributed by atoms with E-state index < -0.39 is 0 Å². The van der Waals surface area contributed by atoms with Crippen molar-refractivity contribution in [2.75, 3.05) is 0 Å². The first-order valence-corrected chi connectivity index (χ1v) is 39.7. The molecule has 0 radical (unpaired) electrons. The summed E-state index contributed by atoms with van der Waals surface area (Å²) in [5.41, 5.74) is 30.6. The molecule has 7 nitrogen and oxygen atoms in total. The van der Waals surface area contributed by atoms with Gasteiger partial charge in [-0.05, 0) is 175 Å². The molecule has 0 aliphatic carbocycles. The van der Waals surface area contributed by atoms with E-state index in [1.807, 2.05) is 48.5 Å². The molecule has 23 aromatic rings. The fraction of sp³-hybridized carbons (Fsp3) is 0. The summed E-state index contributed by atoms with van der Waals surface area (Å²) in [6.07, 6.45) is 0. The van der Waals surface area contributed by atoms with Gasteiger partial charge in [0.25, 0.3) is 0 Å². The summed E-state index contributed by atoms with van der Waals surface area (Å²) < 4.78 is 28.1. The van der Waals surface area contributed by atoms with E-state index in [0.29, 0.717) is 5.89 Å². The predicted molar refractivity (Wildman–Crippen MR) is 475 cm³/mol. The van der Waals surface area contributed by atoms with Crippen molar-refractivity contribution in [3.63, 3.8) is 0 Å². The highest BCUT2D eigenvalue weighted by Gasteiger charge is 2.24. The number of benzene rings is 17. The van der Waals surface area contributed by atoms with E-state index in [2.05, 4.69) is 351 Å². The molecule has 0 aliphatic heterocycles. The fourth-order valence-corrected chi connectivity index (χ4v) is 17.9. The molecule has 0 aliphatic rings. The first-order chi connectivity index (χ1) is 56.5. The summed E-state index contributed by atoms with van der Waals surface area (Å²) >= 11 is 3.46. The molecule has 23 rings (SSSR count). The van der Waals surface area contributed by atoms with Gasteiger partial charge in [0.2, 0.25) is 5.89 Å². The highest BCUT2D eigenvalue weighted by atomic mass is 32.1. The van der Waals surface area contributed by atoms with E-state index in [0.717, 1.165) is 176 Å². The summed E-state index contributed by atoms with van der Waals surface area (Å²) in [6.45, 7) is 0. The van der Waals surface area contributed by atoms with Crippen molar-refractivity contribution in [1.29, 1.82) is 0 Å². The molecule has 6 heterocycles. The van der Waals surface area contributed by atoms with Crippen LogP contribution in [0.3, 0.4) is 0 Å². The maximum Gasteiger partial charge on any atom is 0.227 e. The Morgan fingerprint density at radius 1 is 0.184 bits per heavy atom. The lowest BCUT2D eigenvalue weighted by Gasteiger charge is -2.09. The molecular formula is C105H65N3O4S2. The Labute approximate surface area is 663 Å². The molecule has 536 valence electrons. The van der Waals surface area contributed by atoms with Crippen LogP contribution in [-0.2, 0) is 0 Å². The van der Waals surface area contributed by atoms with E-state index in [1.54, 1.807) is 22.7 Å². The molecule has 114 heavy (non-hydrogen) atoms. The first kappa shape index (κ1) is 67.5. The summed E-state index contributed by atoms with van der Waals surface area (Å²) in [6, 6.07) is 137. The Bertz CT molecular complexity index is 7080. The highest BCUT2D eigenvalue weighted by Crippen LogP contribution is 2.48. The van der Waals surface area contributed by atoms with Crippen LogP contribution in [0, 0.1) is 0 Å². The predicted octanol–water partition coefficient (Wildman–Crippen LogP) is 30.5. The van der Waals surface area contributed by atoms with Crippen molar-refractivity contribution in [3.8, 4) is 122 Å². The van der Waals surface area contributed by atoms with Crippen molar-refractivity contribution in [2.24, 2.45) is 0 Å². The van der Waals surface area contributed by atoms with E-state index in [9.17, 15) is 0 Å². The number of fused-ring (bicyclic) bond motifs is 12. The second-order valence-electron chi connectivity index (χ2n) is 28.4. The lowest BCUT2D eigenvalue weighted by atomic mass is 9.93. The standard InChI is InChI=1S/C37H23NO2.C37H23NOS.C31H19NOS/c1-3-10-24(11-4-1)28-22-30(25-12-5-2-6-13-25)36-31(23-28)35-29(14-9-17-34(35)39-36)26-18-20-27(21-19-26)37-38-32-15-7-8-16-33(32)40-37;1-3-10-24(11-4-1)28-22-30(25-12-5-2-6-13-25)36-31(23-28)35-29(14-9-16-33(35)39-36)26-18-20-27(21-19-26)37-38-32-15-7-8-17-34(32)40-37;1-3-10-20(11-4-1)22-18-24(21-12-5-2-6-13-21)30-25(19-22)29-23(14-9-16-27(29)33-30)31-32-26-15-7-8-17-28(26)34-31/h2*1-23H;1-19H. The van der Waals surface area contributed by atoms with E-state index in [1.165, 1.54) is 37.2 Å². The molecular weight excluding hydrogens is 1430 g/mol. The van der Waals surface area contributed by atoms with Crippen LogP contribution >= 0.6 is 22.7 Å². The molecule has 0 amide bonds. The van der Waals surface area contributed by atoms with Crippen LogP contribution in [0.25, 0.3) is 219 Å². The third-order valence-electron chi connectivity index (χ3n) is 21.4. The Morgan fingerprint density at radius 2 is 0.491 bits per heavy atom. The van der Waals surface area contributed by atoms with Crippen molar-refractivity contribution < 1.29 is 17.7 Å². The summed E-state index contributed by atoms with van der Waals surface area (Å²) in [7, 11) is 0. The van der Waals surface area contributed by atoms with Crippen LogP contribution in [0.4, 0.5) is 0 Å². The zero-order valence-corrected chi connectivity index (χ0v) is 63.0. The van der Waals surface area contributed by atoms with Crippen molar-refractivity contribution in [1.82, 2.24) is 15.0 Å². The summed E-state index contributed by atoms with van der Waals surface area (Å²) in [5, 5.41) is 8.77. The maximum atomic E-state index is 6.61. The minimum Gasteiger partial charge on any atom is -0.455 e. The molecule has 0 N–H and O–H groups in total. The van der Waals surface area contributed by atoms with Gasteiger partial charge in [-0.25, -0.2) is 15.0 Å². The number of furan rings is 3. The number of hydrogen-bond donors (Lipinski definition) is 0. The second-order valence-corrected chi connectivity index (χ2v) is 30.4. The van der Waals surface area contributed by atoms with Gasteiger partial charge in [0.15, 0.2) is 5.58 Å². The van der Waals surface area contributed by atoms with Gasteiger partial charge in [0.05, 0.1) is 20.4 Å². The monoisotopic (exact) mass is 1500 g/mol. The number of aromatic nitrogens is 3. The zero-order valence-electron chi connectivity index (χ0n) is 61.3. The Kier molecular flexibility index (Phi) is 17.2. The smallest absolute Gasteiger partial charge is 0.227 e. The minimum atomic E-state index is 0.625. The Balaban J connectivity index is 0.000000108. The molecule has 0 bridgehead atoms. The molecule has 0 saturated heterocycles. The van der Waals surface area contributed by atoms with Crippen LogP contribution in [0.15, 0.2) is 412 Å². The molecule has 9 heteroatoms. The molecule has 0 atom stereocenters. The van der Waals surface area contributed by atoms with E-state index in [4.69, 9.17) is 27.6 Å². The van der Waals surface area contributed by atoms with Crippen molar-refractivity contribution >= 4 is 120 Å². The van der Waals surface area contributed by atoms with Gasteiger partial charge >= 0.3 is 0 Å². The van der Waals surface area contributed by atoms with Gasteiger partial charge in [0.1, 0.15) is 49.0 Å². The van der Waals surface area contributed by atoms with Gasteiger partial charge < -0.3 is 17.7 Å². The Hall–Kier alpha value is -14.6. The van der Waals surface area contributed by atoms with Gasteiger partial charge in [-0.1, -0.05) is 291 Å². The molecule has 17 aromatic carbocycles. The number of hydrogen-bond acceptors (Lipinski definition) is 9. The quantitative estimate of drug-likeness (QED) is 0.127. The van der Waals surface area contributed by atoms with Crippen LogP contribution in [-0.4, -0.2) is 15.0 Å². The average molecular weight is 1500 g/mol. The zero-order chi connectivity index (χ0) is 75.4. The topological polar surface area (TPSA) is 91.2 Å². The van der Waals surface area contributed by atoms with Crippen molar-refractivity contribution in [2.45, 2.75) is 0 Å². The normalized spacial score (nSPS) is 11.5. The average Bonchev–Trinajstić information content (AvgIpc) is 1.59. The number of nitrogens with zero attached hydrogens (tertiary/aromatic N) is 3. The third kappa shape index (κ3) is 12.6. The molecule has 0 saturated carbocycles. The van der Waals surface area contributed by atoms with Gasteiger partial charge in [-0.15, -0.1) is 22.7 Å².